The van der Waals surface area contributed by atoms with E-state index in [0.717, 1.165) is 24.2 Å². The number of nitrogens with two attached hydrogens (primary N) is 1. The molecule has 0 bridgehead atoms. The fraction of sp³-hybridized carbons (Fsp3) is 0.611. The molecule has 4 heteroatoms. The van der Waals surface area contributed by atoms with Gasteiger partial charge >= 0.3 is 6.09 Å². The van der Waals surface area contributed by atoms with Crippen molar-refractivity contribution in [3.63, 3.8) is 0 Å². The van der Waals surface area contributed by atoms with E-state index in [-0.39, 0.29) is 5.41 Å². The largest absolute Gasteiger partial charge is 0.444 e. The lowest BCUT2D eigenvalue weighted by atomic mass is 9.62. The maximum atomic E-state index is 11.9. The summed E-state index contributed by atoms with van der Waals surface area (Å²) in [5.41, 5.74) is 8.75. The van der Waals surface area contributed by atoms with Gasteiger partial charge in [0, 0.05) is 5.69 Å². The van der Waals surface area contributed by atoms with Crippen LogP contribution in [0.3, 0.4) is 0 Å². The summed E-state index contributed by atoms with van der Waals surface area (Å²) in [5.74, 6) is 0. The van der Waals surface area contributed by atoms with E-state index in [0.29, 0.717) is 0 Å². The first-order valence-corrected chi connectivity index (χ1v) is 8.07. The van der Waals surface area contributed by atoms with Gasteiger partial charge in [-0.2, -0.15) is 0 Å². The van der Waals surface area contributed by atoms with E-state index in [1.54, 1.807) is 0 Å². The summed E-state index contributed by atoms with van der Waals surface area (Å²) in [5, 5.41) is 2.83. The van der Waals surface area contributed by atoms with Crippen LogP contribution >= 0.6 is 0 Å². The summed E-state index contributed by atoms with van der Waals surface area (Å²) in [6.07, 6.45) is 4.32. The van der Waals surface area contributed by atoms with E-state index in [1.165, 1.54) is 24.8 Å². The molecule has 1 saturated carbocycles. The molecule has 0 atom stereocenters. The highest BCUT2D eigenvalue weighted by atomic mass is 16.6. The summed E-state index contributed by atoms with van der Waals surface area (Å²) < 4.78 is 5.30. The lowest BCUT2D eigenvalue weighted by Gasteiger charge is -2.42. The van der Waals surface area contributed by atoms with Crippen molar-refractivity contribution >= 4 is 11.8 Å². The van der Waals surface area contributed by atoms with Crippen molar-refractivity contribution in [2.24, 2.45) is 5.73 Å². The maximum Gasteiger partial charge on any atom is 0.412 e. The Balaban J connectivity index is 2.11. The predicted octanol–water partition coefficient (Wildman–Crippen LogP) is 4.11. The van der Waals surface area contributed by atoms with Crippen LogP contribution in [0.2, 0.25) is 0 Å². The molecule has 2 rings (SSSR count). The summed E-state index contributed by atoms with van der Waals surface area (Å²) in [7, 11) is 0. The van der Waals surface area contributed by atoms with Crippen molar-refractivity contribution < 1.29 is 9.53 Å². The molecule has 0 radical (unpaired) electrons. The Bertz CT molecular complexity index is 543. The topological polar surface area (TPSA) is 64.3 Å². The number of benzene rings is 1. The average Bonchev–Trinajstić information content (AvgIpc) is 2.34. The molecular formula is C18H28N2O2. The van der Waals surface area contributed by atoms with Gasteiger partial charge in [0.15, 0.2) is 0 Å². The quantitative estimate of drug-likeness (QED) is 0.879. The molecule has 4 nitrogen and oxygen atoms in total. The second kappa shape index (κ2) is 6.29. The number of rotatable bonds is 4. The monoisotopic (exact) mass is 304 g/mol. The molecule has 122 valence electrons. The lowest BCUT2D eigenvalue weighted by Crippen LogP contribution is -2.36. The summed E-state index contributed by atoms with van der Waals surface area (Å²) in [6, 6.07) is 6.28. The first-order chi connectivity index (χ1) is 10.3. The zero-order chi connectivity index (χ0) is 16.4. The first-order valence-electron chi connectivity index (χ1n) is 8.07. The third-order valence-electron chi connectivity index (χ3n) is 4.41. The van der Waals surface area contributed by atoms with E-state index in [2.05, 4.69) is 17.4 Å². The number of nitrogens with one attached hydrogen (secondary N) is 1. The fourth-order valence-corrected chi connectivity index (χ4v) is 3.11. The molecule has 0 aliphatic heterocycles. The predicted molar refractivity (Wildman–Crippen MR) is 90.2 cm³/mol. The van der Waals surface area contributed by atoms with Crippen LogP contribution in [0.4, 0.5) is 10.5 Å². The molecule has 1 aliphatic carbocycles. The highest BCUT2D eigenvalue weighted by Gasteiger charge is 2.37. The van der Waals surface area contributed by atoms with Gasteiger partial charge in [0.1, 0.15) is 5.60 Å². The van der Waals surface area contributed by atoms with E-state index < -0.39 is 11.7 Å². The molecule has 1 amide bonds. The van der Waals surface area contributed by atoms with Gasteiger partial charge < -0.3 is 10.5 Å². The number of aryl methyl sites for hydroxylation is 1. The molecule has 1 fully saturated rings. The zero-order valence-corrected chi connectivity index (χ0v) is 14.2. The minimum atomic E-state index is -0.491. The standard InChI is InChI=1S/C18H28N2O2/c1-13-12-14(18(10-11-19)8-5-9-18)6-7-15(13)20-16(21)22-17(2,3)4/h6-7,12H,5,8-11,19H2,1-4H3,(H,20,21). The molecule has 0 heterocycles. The van der Waals surface area contributed by atoms with Crippen LogP contribution < -0.4 is 11.1 Å². The van der Waals surface area contributed by atoms with E-state index in [1.807, 2.05) is 33.8 Å². The lowest BCUT2D eigenvalue weighted by molar-refractivity contribution is 0.0636. The maximum absolute atomic E-state index is 11.9. The van der Waals surface area contributed by atoms with Gasteiger partial charge in [0.25, 0.3) is 0 Å². The number of hydrogen-bond acceptors (Lipinski definition) is 3. The van der Waals surface area contributed by atoms with E-state index >= 15 is 0 Å². The van der Waals surface area contributed by atoms with Crippen molar-refractivity contribution in [1.82, 2.24) is 0 Å². The second-order valence-electron chi connectivity index (χ2n) is 7.33. The van der Waals surface area contributed by atoms with Crippen molar-refractivity contribution in [1.29, 1.82) is 0 Å². The molecule has 0 saturated heterocycles. The van der Waals surface area contributed by atoms with Gasteiger partial charge in [-0.15, -0.1) is 0 Å². The molecule has 0 spiro atoms. The number of amides is 1. The van der Waals surface area contributed by atoms with Gasteiger partial charge in [-0.25, -0.2) is 4.79 Å². The molecule has 3 N–H and O–H groups in total. The van der Waals surface area contributed by atoms with Crippen LogP contribution in [0.25, 0.3) is 0 Å². The zero-order valence-electron chi connectivity index (χ0n) is 14.2. The highest BCUT2D eigenvalue weighted by molar-refractivity contribution is 5.86. The summed E-state index contributed by atoms with van der Waals surface area (Å²) in [6.45, 7) is 8.31. The summed E-state index contributed by atoms with van der Waals surface area (Å²) >= 11 is 0. The fourth-order valence-electron chi connectivity index (χ4n) is 3.11. The number of anilines is 1. The third-order valence-corrected chi connectivity index (χ3v) is 4.41. The number of hydrogen-bond donors (Lipinski definition) is 2. The Labute approximate surface area is 133 Å². The molecule has 1 aliphatic rings. The van der Waals surface area contributed by atoms with Crippen molar-refractivity contribution in [2.75, 3.05) is 11.9 Å². The SMILES string of the molecule is Cc1cc(C2(CCN)CCC2)ccc1NC(=O)OC(C)(C)C. The minimum Gasteiger partial charge on any atom is -0.444 e. The highest BCUT2D eigenvalue weighted by Crippen LogP contribution is 2.46. The van der Waals surface area contributed by atoms with Crippen LogP contribution in [0.1, 0.15) is 57.6 Å². The van der Waals surface area contributed by atoms with E-state index in [9.17, 15) is 4.79 Å². The van der Waals surface area contributed by atoms with Crippen LogP contribution in [0.5, 0.6) is 0 Å². The molecular weight excluding hydrogens is 276 g/mol. The van der Waals surface area contributed by atoms with Crippen LogP contribution in [-0.2, 0) is 10.2 Å². The second-order valence-corrected chi connectivity index (χ2v) is 7.33. The Morgan fingerprint density at radius 1 is 1.36 bits per heavy atom. The van der Waals surface area contributed by atoms with Crippen LogP contribution in [-0.4, -0.2) is 18.2 Å². The molecule has 1 aromatic carbocycles. The first kappa shape index (κ1) is 16.8. The third kappa shape index (κ3) is 3.80. The van der Waals surface area contributed by atoms with Crippen LogP contribution in [0.15, 0.2) is 18.2 Å². The number of carbonyl (C=O) groups excluding carboxylic acids is 1. The van der Waals surface area contributed by atoms with Crippen LogP contribution in [0, 0.1) is 6.92 Å². The minimum absolute atomic E-state index is 0.254. The molecule has 0 unspecified atom stereocenters. The normalized spacial score (nSPS) is 16.8. The van der Waals surface area contributed by atoms with Crippen molar-refractivity contribution in [2.45, 2.75) is 64.4 Å². The summed E-state index contributed by atoms with van der Waals surface area (Å²) in [4.78, 5) is 11.9. The Hall–Kier alpha value is -1.55. The van der Waals surface area contributed by atoms with Gasteiger partial charge in [-0.05, 0) is 76.1 Å². The van der Waals surface area contributed by atoms with Gasteiger partial charge in [-0.1, -0.05) is 18.6 Å². The molecule has 1 aromatic rings. The van der Waals surface area contributed by atoms with Gasteiger partial charge in [0.2, 0.25) is 0 Å². The Morgan fingerprint density at radius 3 is 2.50 bits per heavy atom. The smallest absolute Gasteiger partial charge is 0.412 e. The van der Waals surface area contributed by atoms with Crippen molar-refractivity contribution in [3.8, 4) is 0 Å². The molecule has 22 heavy (non-hydrogen) atoms. The Morgan fingerprint density at radius 2 is 2.05 bits per heavy atom. The molecule has 0 aromatic heterocycles. The number of ether oxygens (including phenoxy) is 1. The average molecular weight is 304 g/mol. The number of carbonyl (C=O) groups is 1. The van der Waals surface area contributed by atoms with Gasteiger partial charge in [0.05, 0.1) is 0 Å². The van der Waals surface area contributed by atoms with Crippen molar-refractivity contribution in [3.05, 3.63) is 29.3 Å². The Kier molecular flexibility index (Phi) is 4.81. The van der Waals surface area contributed by atoms with E-state index in [4.69, 9.17) is 10.5 Å². The van der Waals surface area contributed by atoms with Gasteiger partial charge in [-0.3, -0.25) is 5.32 Å².